The average Bonchev–Trinajstić information content (AvgIpc) is 3.17. The first-order valence-electron chi connectivity index (χ1n) is 16.1. The first-order valence-corrected chi connectivity index (χ1v) is 16.1. The molecular formula is C43H31N5O. The van der Waals surface area contributed by atoms with Gasteiger partial charge in [0.15, 0.2) is 23.7 Å². The lowest BCUT2D eigenvalue weighted by atomic mass is 9.88. The lowest BCUT2D eigenvalue weighted by Crippen LogP contribution is -2.19. The van der Waals surface area contributed by atoms with Crippen molar-refractivity contribution in [3.8, 4) is 45.3 Å². The fourth-order valence-electron chi connectivity index (χ4n) is 6.29. The number of nitrogens with two attached hydrogens (primary N) is 1. The van der Waals surface area contributed by atoms with Crippen LogP contribution in [0.3, 0.4) is 0 Å². The summed E-state index contributed by atoms with van der Waals surface area (Å²) in [6.07, 6.45) is -0.728. The molecule has 6 heteroatoms. The molecule has 0 radical (unpaired) electrons. The van der Waals surface area contributed by atoms with Gasteiger partial charge in [-0.05, 0) is 44.8 Å². The topological polar surface area (TPSA) is 97.8 Å². The second kappa shape index (κ2) is 13.0. The highest BCUT2D eigenvalue weighted by Gasteiger charge is 2.21. The van der Waals surface area contributed by atoms with E-state index in [9.17, 15) is 0 Å². The van der Waals surface area contributed by atoms with Crippen LogP contribution in [0.25, 0.3) is 66.8 Å². The van der Waals surface area contributed by atoms with E-state index in [1.807, 2.05) is 115 Å². The monoisotopic (exact) mass is 633 g/mol. The van der Waals surface area contributed by atoms with Gasteiger partial charge in [-0.2, -0.15) is 0 Å². The summed E-state index contributed by atoms with van der Waals surface area (Å²) < 4.78 is 5.80. The molecule has 7 aromatic carbocycles. The van der Waals surface area contributed by atoms with Crippen LogP contribution in [0.4, 0.5) is 0 Å². The normalized spacial score (nSPS) is 11.8. The SMILES string of the molecule is N=C(OC(N)c1ccccc1)c1ccc(-c2c3ccccc3c(-c3nc(-c4ccccc4)nc(-c4ccccc4)n3)c3ccccc23)cc1. The predicted molar refractivity (Wildman–Crippen MR) is 198 cm³/mol. The number of benzene rings is 7. The van der Waals surface area contributed by atoms with Gasteiger partial charge in [0.1, 0.15) is 0 Å². The molecule has 3 N–H and O–H groups in total. The maximum Gasteiger partial charge on any atom is 0.215 e. The molecule has 1 heterocycles. The quantitative estimate of drug-likeness (QED) is 0.0788. The molecule has 0 fully saturated rings. The lowest BCUT2D eigenvalue weighted by molar-refractivity contribution is 0.199. The van der Waals surface area contributed by atoms with Crippen molar-refractivity contribution in [2.45, 2.75) is 6.23 Å². The summed E-state index contributed by atoms with van der Waals surface area (Å²) >= 11 is 0. The van der Waals surface area contributed by atoms with E-state index in [4.69, 9.17) is 30.8 Å². The number of aromatic nitrogens is 3. The number of hydrogen-bond acceptors (Lipinski definition) is 6. The first-order chi connectivity index (χ1) is 24.1. The molecule has 0 aliphatic rings. The average molecular weight is 634 g/mol. The third-order valence-corrected chi connectivity index (χ3v) is 8.66. The Morgan fingerprint density at radius 3 is 1.35 bits per heavy atom. The van der Waals surface area contributed by atoms with Crippen molar-refractivity contribution < 1.29 is 4.74 Å². The Labute approximate surface area is 284 Å². The maximum absolute atomic E-state index is 8.61. The molecular weight excluding hydrogens is 603 g/mol. The minimum absolute atomic E-state index is 0.0197. The first kappa shape index (κ1) is 29.9. The second-order valence-corrected chi connectivity index (χ2v) is 11.7. The Kier molecular flexibility index (Phi) is 7.90. The molecule has 1 aromatic heterocycles. The van der Waals surface area contributed by atoms with Crippen LogP contribution >= 0.6 is 0 Å². The van der Waals surface area contributed by atoms with Gasteiger partial charge >= 0.3 is 0 Å². The Balaban J connectivity index is 1.27. The zero-order chi connectivity index (χ0) is 33.2. The number of fused-ring (bicyclic) bond motifs is 2. The molecule has 0 saturated heterocycles. The van der Waals surface area contributed by atoms with E-state index in [2.05, 4.69) is 48.5 Å². The number of ether oxygens (including phenoxy) is 1. The number of nitrogens with one attached hydrogen (secondary N) is 1. The van der Waals surface area contributed by atoms with Gasteiger partial charge in [0, 0.05) is 27.8 Å². The van der Waals surface area contributed by atoms with Gasteiger partial charge in [0.25, 0.3) is 0 Å². The van der Waals surface area contributed by atoms with Crippen molar-refractivity contribution in [1.82, 2.24) is 15.0 Å². The van der Waals surface area contributed by atoms with Crippen molar-refractivity contribution in [2.24, 2.45) is 5.73 Å². The number of nitrogens with zero attached hydrogens (tertiary/aromatic N) is 3. The van der Waals surface area contributed by atoms with Crippen LogP contribution < -0.4 is 5.73 Å². The Hall–Kier alpha value is -6.50. The molecule has 8 rings (SSSR count). The molecule has 1 atom stereocenters. The van der Waals surface area contributed by atoms with Gasteiger partial charge in [-0.25, -0.2) is 15.0 Å². The molecule has 0 amide bonds. The minimum atomic E-state index is -0.728. The van der Waals surface area contributed by atoms with Gasteiger partial charge in [-0.3, -0.25) is 11.1 Å². The van der Waals surface area contributed by atoms with E-state index >= 15 is 0 Å². The summed E-state index contributed by atoms with van der Waals surface area (Å²) in [6.45, 7) is 0. The molecule has 234 valence electrons. The van der Waals surface area contributed by atoms with Crippen molar-refractivity contribution in [3.63, 3.8) is 0 Å². The zero-order valence-electron chi connectivity index (χ0n) is 26.5. The fourth-order valence-corrected chi connectivity index (χ4v) is 6.29. The van der Waals surface area contributed by atoms with Crippen LogP contribution in [0.15, 0.2) is 164 Å². The summed E-state index contributed by atoms with van der Waals surface area (Å²) in [5.74, 6) is 1.87. The molecule has 0 aliphatic carbocycles. The summed E-state index contributed by atoms with van der Waals surface area (Å²) in [5.41, 5.74) is 12.6. The highest BCUT2D eigenvalue weighted by atomic mass is 16.5. The molecule has 0 bridgehead atoms. The van der Waals surface area contributed by atoms with Crippen molar-refractivity contribution >= 4 is 27.4 Å². The molecule has 0 saturated carbocycles. The number of rotatable bonds is 7. The van der Waals surface area contributed by atoms with E-state index in [0.29, 0.717) is 23.0 Å². The maximum atomic E-state index is 8.61. The smallest absolute Gasteiger partial charge is 0.215 e. The molecule has 0 aliphatic heterocycles. The van der Waals surface area contributed by atoms with Crippen molar-refractivity contribution in [2.75, 3.05) is 0 Å². The van der Waals surface area contributed by atoms with E-state index in [1.54, 1.807) is 0 Å². The van der Waals surface area contributed by atoms with Gasteiger partial charge < -0.3 is 4.74 Å². The molecule has 49 heavy (non-hydrogen) atoms. The molecule has 1 unspecified atom stereocenters. The lowest BCUT2D eigenvalue weighted by Gasteiger charge is -2.18. The second-order valence-electron chi connectivity index (χ2n) is 11.7. The highest BCUT2D eigenvalue weighted by molar-refractivity contribution is 6.20. The zero-order valence-corrected chi connectivity index (χ0v) is 26.5. The van der Waals surface area contributed by atoms with Crippen LogP contribution in [0.1, 0.15) is 17.4 Å². The molecule has 0 spiro atoms. The summed E-state index contributed by atoms with van der Waals surface area (Å²) in [4.78, 5) is 15.1. The van der Waals surface area contributed by atoms with Gasteiger partial charge in [-0.15, -0.1) is 0 Å². The highest BCUT2D eigenvalue weighted by Crippen LogP contribution is 2.43. The van der Waals surface area contributed by atoms with Crippen LogP contribution in [0, 0.1) is 5.41 Å². The van der Waals surface area contributed by atoms with Crippen LogP contribution in [0.2, 0.25) is 0 Å². The van der Waals surface area contributed by atoms with Crippen LogP contribution in [0.5, 0.6) is 0 Å². The largest absolute Gasteiger partial charge is 0.454 e. The Bertz CT molecular complexity index is 2320. The molecule has 6 nitrogen and oxygen atoms in total. The van der Waals surface area contributed by atoms with Crippen LogP contribution in [-0.2, 0) is 4.74 Å². The standard InChI is InChI=1S/C43H31N5O/c44-39(29-14-4-1-5-15-29)49-40(45)30-26-24-28(25-27-30)37-33-20-10-12-22-35(33)38(36-23-13-11-21-34(36)37)43-47-41(31-16-6-2-7-17-31)46-42(48-43)32-18-8-3-9-19-32/h1-27,39,45H,44H2. The third kappa shape index (κ3) is 5.82. The summed E-state index contributed by atoms with van der Waals surface area (Å²) in [7, 11) is 0. The van der Waals surface area contributed by atoms with Gasteiger partial charge in [0.05, 0.1) is 0 Å². The Morgan fingerprint density at radius 2 is 0.857 bits per heavy atom. The third-order valence-electron chi connectivity index (χ3n) is 8.66. The fraction of sp³-hybridized carbons (Fsp3) is 0.0233. The summed E-state index contributed by atoms with van der Waals surface area (Å²) in [6, 6.07) is 54.3. The van der Waals surface area contributed by atoms with Crippen molar-refractivity contribution in [1.29, 1.82) is 5.41 Å². The van der Waals surface area contributed by atoms with Gasteiger partial charge in [0.2, 0.25) is 5.90 Å². The van der Waals surface area contributed by atoms with Crippen LogP contribution in [-0.4, -0.2) is 20.8 Å². The van der Waals surface area contributed by atoms with Gasteiger partial charge in [-0.1, -0.05) is 152 Å². The molecule has 8 aromatic rings. The van der Waals surface area contributed by atoms with E-state index in [0.717, 1.165) is 54.9 Å². The predicted octanol–water partition coefficient (Wildman–Crippen LogP) is 9.85. The minimum Gasteiger partial charge on any atom is -0.454 e. The van der Waals surface area contributed by atoms with Crippen molar-refractivity contribution in [3.05, 3.63) is 175 Å². The number of hydrogen-bond donors (Lipinski definition) is 2. The van der Waals surface area contributed by atoms with E-state index in [1.165, 1.54) is 0 Å². The van der Waals surface area contributed by atoms with E-state index < -0.39 is 6.23 Å². The Morgan fingerprint density at radius 1 is 0.449 bits per heavy atom. The summed E-state index contributed by atoms with van der Waals surface area (Å²) in [5, 5.41) is 12.8. The van der Waals surface area contributed by atoms with E-state index in [-0.39, 0.29) is 5.90 Å².